The molecule has 0 aliphatic rings. The molecule has 0 fully saturated rings. The third kappa shape index (κ3) is 3.14. The molecule has 0 saturated carbocycles. The van der Waals surface area contributed by atoms with Crippen LogP contribution in [0, 0.1) is 5.82 Å². The first-order valence-electron chi connectivity index (χ1n) is 7.61. The summed E-state index contributed by atoms with van der Waals surface area (Å²) in [5.41, 5.74) is 7.81. The van der Waals surface area contributed by atoms with Crippen LogP contribution in [0.5, 0.6) is 0 Å². The average Bonchev–Trinajstić information content (AvgIpc) is 2.88. The average molecular weight is 306 g/mol. The van der Waals surface area contributed by atoms with E-state index in [2.05, 4.69) is 11.5 Å². The maximum absolute atomic E-state index is 13.6. The number of hydrogen-bond donors (Lipinski definition) is 1. The number of carbonyl (C=O) groups is 1. The molecule has 2 atom stereocenters. The molecular weight excluding hydrogens is 283 g/mol. The quantitative estimate of drug-likeness (QED) is 0.834. The third-order valence-electron chi connectivity index (χ3n) is 4.13. The zero-order valence-corrected chi connectivity index (χ0v) is 13.3. The maximum atomic E-state index is 13.6. The lowest BCUT2D eigenvalue weighted by atomic mass is 9.93. The monoisotopic (exact) mass is 306 g/mol. The van der Waals surface area contributed by atoms with E-state index in [4.69, 9.17) is 10.5 Å². The number of halogens is 1. The Labute approximate surface area is 130 Å². The molecule has 2 rings (SSSR count). The van der Waals surface area contributed by atoms with E-state index in [0.29, 0.717) is 0 Å². The fraction of sp³-hybridized carbons (Fsp3) is 0.471. The van der Waals surface area contributed by atoms with Crippen LogP contribution >= 0.6 is 0 Å². The number of unbranched alkanes of at least 4 members (excludes halogenated alkanes) is 1. The van der Waals surface area contributed by atoms with E-state index in [9.17, 15) is 9.18 Å². The van der Waals surface area contributed by atoms with Gasteiger partial charge in [-0.3, -0.25) is 4.79 Å². The molecule has 5 heteroatoms. The number of aromatic nitrogens is 1. The molecule has 0 bridgehead atoms. The van der Waals surface area contributed by atoms with Gasteiger partial charge in [-0.1, -0.05) is 20.3 Å². The van der Waals surface area contributed by atoms with Crippen LogP contribution in [0.1, 0.15) is 38.2 Å². The summed E-state index contributed by atoms with van der Waals surface area (Å²) in [7, 11) is 1.32. The summed E-state index contributed by atoms with van der Waals surface area (Å²) < 4.78 is 20.5. The predicted molar refractivity (Wildman–Crippen MR) is 85.2 cm³/mol. The van der Waals surface area contributed by atoms with Gasteiger partial charge in [-0.05, 0) is 30.2 Å². The Morgan fingerprint density at radius 3 is 2.82 bits per heavy atom. The Morgan fingerprint density at radius 1 is 1.45 bits per heavy atom. The van der Waals surface area contributed by atoms with Gasteiger partial charge in [0.25, 0.3) is 0 Å². The van der Waals surface area contributed by atoms with Gasteiger partial charge in [-0.25, -0.2) is 4.39 Å². The highest BCUT2D eigenvalue weighted by atomic mass is 19.1. The number of ether oxygens (including phenoxy) is 1. The molecule has 0 amide bonds. The van der Waals surface area contributed by atoms with Crippen LogP contribution in [0.25, 0.3) is 10.9 Å². The van der Waals surface area contributed by atoms with Crippen LogP contribution in [0.3, 0.4) is 0 Å². The normalized spacial score (nSPS) is 14.0. The van der Waals surface area contributed by atoms with E-state index in [-0.39, 0.29) is 11.7 Å². The Kier molecular flexibility index (Phi) is 5.19. The van der Waals surface area contributed by atoms with Crippen LogP contribution in [-0.4, -0.2) is 23.7 Å². The number of nitrogens with zero attached hydrogens (tertiary/aromatic N) is 1. The number of fused-ring (bicyclic) bond motifs is 1. The van der Waals surface area contributed by atoms with Crippen molar-refractivity contribution < 1.29 is 13.9 Å². The van der Waals surface area contributed by atoms with Crippen molar-refractivity contribution in [1.29, 1.82) is 0 Å². The van der Waals surface area contributed by atoms with Crippen LogP contribution < -0.4 is 5.73 Å². The van der Waals surface area contributed by atoms with Crippen LogP contribution in [0.2, 0.25) is 0 Å². The van der Waals surface area contributed by atoms with Gasteiger partial charge in [0.05, 0.1) is 7.11 Å². The number of carbonyl (C=O) groups excluding carboxylic acids is 1. The first kappa shape index (κ1) is 16.5. The summed E-state index contributed by atoms with van der Waals surface area (Å²) in [4.78, 5) is 11.7. The Balaban J connectivity index is 2.48. The van der Waals surface area contributed by atoms with E-state index >= 15 is 0 Å². The lowest BCUT2D eigenvalue weighted by Gasteiger charge is -2.17. The number of methoxy groups -OCH3 is 1. The summed E-state index contributed by atoms with van der Waals surface area (Å²) >= 11 is 0. The van der Waals surface area contributed by atoms with Crippen LogP contribution in [-0.2, 0) is 16.1 Å². The summed E-state index contributed by atoms with van der Waals surface area (Å²) in [6.45, 7) is 4.85. The molecule has 1 aromatic carbocycles. The van der Waals surface area contributed by atoms with Gasteiger partial charge in [0.15, 0.2) is 0 Å². The Morgan fingerprint density at radius 2 is 2.18 bits per heavy atom. The molecule has 4 nitrogen and oxygen atoms in total. The second-order valence-corrected chi connectivity index (χ2v) is 5.63. The Hall–Kier alpha value is -1.88. The lowest BCUT2D eigenvalue weighted by molar-refractivity contribution is -0.142. The number of rotatable bonds is 6. The molecule has 0 aliphatic carbocycles. The van der Waals surface area contributed by atoms with Gasteiger partial charge >= 0.3 is 5.97 Å². The molecule has 0 aliphatic heterocycles. The largest absolute Gasteiger partial charge is 0.468 e. The number of hydrogen-bond acceptors (Lipinski definition) is 3. The summed E-state index contributed by atoms with van der Waals surface area (Å²) in [5.74, 6) is -1.00. The van der Waals surface area contributed by atoms with Crippen molar-refractivity contribution in [3.63, 3.8) is 0 Å². The topological polar surface area (TPSA) is 57.2 Å². The maximum Gasteiger partial charge on any atom is 0.323 e. The molecule has 120 valence electrons. The molecule has 1 aromatic heterocycles. The standard InChI is InChI=1S/C17H23FN2O2/c1-4-5-8-20-10-14(11(2)16(19)17(21)22-3)13-9-12(18)6-7-15(13)20/h6-7,9-11,16H,4-5,8,19H2,1-3H3/t11-,16-/m1/s1. The van der Waals surface area contributed by atoms with Gasteiger partial charge < -0.3 is 15.0 Å². The number of esters is 1. The van der Waals surface area contributed by atoms with Crippen molar-refractivity contribution >= 4 is 16.9 Å². The highest BCUT2D eigenvalue weighted by Gasteiger charge is 2.26. The number of nitrogens with two attached hydrogens (primary N) is 1. The fourth-order valence-electron chi connectivity index (χ4n) is 2.71. The van der Waals surface area contributed by atoms with E-state index in [1.165, 1.54) is 19.2 Å². The van der Waals surface area contributed by atoms with Gasteiger partial charge in [0, 0.05) is 29.6 Å². The minimum Gasteiger partial charge on any atom is -0.468 e. The summed E-state index contributed by atoms with van der Waals surface area (Å²) in [6, 6.07) is 3.98. The minimum atomic E-state index is -0.765. The third-order valence-corrected chi connectivity index (χ3v) is 4.13. The molecule has 1 heterocycles. The van der Waals surface area contributed by atoms with Crippen LogP contribution in [0.15, 0.2) is 24.4 Å². The zero-order valence-electron chi connectivity index (χ0n) is 13.3. The molecule has 0 spiro atoms. The van der Waals surface area contributed by atoms with E-state index in [1.807, 2.05) is 13.1 Å². The molecule has 2 aromatic rings. The lowest BCUT2D eigenvalue weighted by Crippen LogP contribution is -2.36. The molecular formula is C17H23FN2O2. The van der Waals surface area contributed by atoms with Gasteiger partial charge in [-0.2, -0.15) is 0 Å². The van der Waals surface area contributed by atoms with Gasteiger partial charge in [0.1, 0.15) is 11.9 Å². The second-order valence-electron chi connectivity index (χ2n) is 5.63. The number of aryl methyl sites for hydroxylation is 1. The fourth-order valence-corrected chi connectivity index (χ4v) is 2.71. The second kappa shape index (κ2) is 6.92. The van der Waals surface area contributed by atoms with E-state index in [1.54, 1.807) is 6.07 Å². The Bertz CT molecular complexity index is 666. The molecule has 22 heavy (non-hydrogen) atoms. The smallest absolute Gasteiger partial charge is 0.323 e. The molecule has 0 radical (unpaired) electrons. The van der Waals surface area contributed by atoms with Gasteiger partial charge in [0.2, 0.25) is 0 Å². The van der Waals surface area contributed by atoms with Crippen molar-refractivity contribution in [1.82, 2.24) is 4.57 Å². The van der Waals surface area contributed by atoms with Crippen molar-refractivity contribution in [2.75, 3.05) is 7.11 Å². The molecule has 2 N–H and O–H groups in total. The summed E-state index contributed by atoms with van der Waals surface area (Å²) in [6.07, 6.45) is 4.10. The first-order valence-corrected chi connectivity index (χ1v) is 7.61. The SMILES string of the molecule is CCCCn1cc([C@@H](C)[C@@H](N)C(=O)OC)c2cc(F)ccc21. The summed E-state index contributed by atoms with van der Waals surface area (Å²) in [5, 5.41) is 0.808. The van der Waals surface area contributed by atoms with Crippen molar-refractivity contribution in [3.05, 3.63) is 35.8 Å². The van der Waals surface area contributed by atoms with E-state index < -0.39 is 12.0 Å². The van der Waals surface area contributed by atoms with Crippen molar-refractivity contribution in [3.8, 4) is 0 Å². The van der Waals surface area contributed by atoms with Crippen molar-refractivity contribution in [2.24, 2.45) is 5.73 Å². The predicted octanol–water partition coefficient (Wildman–Crippen LogP) is 3.18. The highest BCUT2D eigenvalue weighted by molar-refractivity contribution is 5.86. The van der Waals surface area contributed by atoms with Gasteiger partial charge in [-0.15, -0.1) is 0 Å². The highest BCUT2D eigenvalue weighted by Crippen LogP contribution is 2.30. The molecule has 0 saturated heterocycles. The van der Waals surface area contributed by atoms with Crippen molar-refractivity contribution in [2.45, 2.75) is 45.2 Å². The zero-order chi connectivity index (χ0) is 16.3. The first-order chi connectivity index (χ1) is 10.5. The van der Waals surface area contributed by atoms with Crippen LogP contribution in [0.4, 0.5) is 4.39 Å². The van der Waals surface area contributed by atoms with E-state index in [0.717, 1.165) is 35.9 Å². The molecule has 0 unspecified atom stereocenters. The minimum absolute atomic E-state index is 0.250. The number of benzene rings is 1.